The van der Waals surface area contributed by atoms with Crippen LogP contribution >= 0.6 is 0 Å². The van der Waals surface area contributed by atoms with E-state index < -0.39 is 11.9 Å². The van der Waals surface area contributed by atoms with Crippen molar-refractivity contribution < 1.29 is 9.90 Å². The molecule has 1 N–H and O–H groups in total. The van der Waals surface area contributed by atoms with Gasteiger partial charge >= 0.3 is 5.97 Å². The Morgan fingerprint density at radius 1 is 0.947 bits per heavy atom. The molecule has 0 radical (unpaired) electrons. The molecule has 0 fully saturated rings. The molecule has 0 saturated carbocycles. The van der Waals surface area contributed by atoms with Crippen molar-refractivity contribution in [1.29, 1.82) is 0 Å². The summed E-state index contributed by atoms with van der Waals surface area (Å²) in [7, 11) is 3.92. The number of hydrogen-bond acceptors (Lipinski definition) is 2. The van der Waals surface area contributed by atoms with E-state index in [0.717, 1.165) is 16.8 Å². The zero-order valence-corrected chi connectivity index (χ0v) is 11.1. The van der Waals surface area contributed by atoms with Crippen molar-refractivity contribution >= 4 is 11.7 Å². The van der Waals surface area contributed by atoms with Crippen molar-refractivity contribution in [2.75, 3.05) is 19.0 Å². The Hall–Kier alpha value is -2.29. The second-order valence-electron chi connectivity index (χ2n) is 4.67. The number of aliphatic carboxylic acids is 1. The first kappa shape index (κ1) is 13.1. The van der Waals surface area contributed by atoms with Gasteiger partial charge in [-0.05, 0) is 23.3 Å². The van der Waals surface area contributed by atoms with E-state index in [0.29, 0.717) is 0 Å². The van der Waals surface area contributed by atoms with Gasteiger partial charge in [-0.15, -0.1) is 0 Å². The highest BCUT2D eigenvalue weighted by atomic mass is 16.4. The van der Waals surface area contributed by atoms with Crippen LogP contribution in [0.3, 0.4) is 0 Å². The molecule has 0 aliphatic rings. The van der Waals surface area contributed by atoms with Crippen molar-refractivity contribution in [2.45, 2.75) is 5.92 Å². The van der Waals surface area contributed by atoms with Gasteiger partial charge in [-0.1, -0.05) is 42.5 Å². The predicted molar refractivity (Wildman–Crippen MR) is 76.7 cm³/mol. The topological polar surface area (TPSA) is 40.5 Å². The lowest BCUT2D eigenvalue weighted by molar-refractivity contribution is -0.137. The fraction of sp³-hybridized carbons (Fsp3) is 0.188. The number of rotatable bonds is 4. The summed E-state index contributed by atoms with van der Waals surface area (Å²) >= 11 is 0. The molecule has 2 rings (SSSR count). The lowest BCUT2D eigenvalue weighted by atomic mass is 9.91. The normalized spacial score (nSPS) is 11.9. The maximum atomic E-state index is 11.5. The van der Waals surface area contributed by atoms with Gasteiger partial charge in [0.25, 0.3) is 0 Å². The molecular formula is C16H17NO2. The minimum atomic E-state index is -0.830. The van der Waals surface area contributed by atoms with E-state index in [1.807, 2.05) is 73.6 Å². The van der Waals surface area contributed by atoms with Crippen LogP contribution in [0.5, 0.6) is 0 Å². The Labute approximate surface area is 113 Å². The van der Waals surface area contributed by atoms with Gasteiger partial charge in [-0.2, -0.15) is 0 Å². The van der Waals surface area contributed by atoms with Crippen LogP contribution in [0.2, 0.25) is 0 Å². The van der Waals surface area contributed by atoms with Crippen molar-refractivity contribution in [2.24, 2.45) is 0 Å². The van der Waals surface area contributed by atoms with E-state index in [1.165, 1.54) is 0 Å². The lowest BCUT2D eigenvalue weighted by Gasteiger charge is -2.16. The first-order valence-electron chi connectivity index (χ1n) is 6.14. The molecule has 2 aromatic rings. The number of benzene rings is 2. The van der Waals surface area contributed by atoms with Gasteiger partial charge < -0.3 is 10.0 Å². The number of carbonyl (C=O) groups is 1. The highest BCUT2D eigenvalue weighted by molar-refractivity contribution is 5.80. The van der Waals surface area contributed by atoms with E-state index in [1.54, 1.807) is 0 Å². The molecule has 98 valence electrons. The largest absolute Gasteiger partial charge is 0.481 e. The van der Waals surface area contributed by atoms with E-state index in [-0.39, 0.29) is 0 Å². The quantitative estimate of drug-likeness (QED) is 0.913. The Morgan fingerprint density at radius 2 is 1.47 bits per heavy atom. The van der Waals surface area contributed by atoms with Gasteiger partial charge in [0.2, 0.25) is 0 Å². The van der Waals surface area contributed by atoms with Crippen LogP contribution in [-0.4, -0.2) is 25.2 Å². The fourth-order valence-electron chi connectivity index (χ4n) is 2.09. The maximum absolute atomic E-state index is 11.5. The second-order valence-corrected chi connectivity index (χ2v) is 4.67. The van der Waals surface area contributed by atoms with Crippen LogP contribution < -0.4 is 4.90 Å². The van der Waals surface area contributed by atoms with Crippen LogP contribution in [0.25, 0.3) is 0 Å². The molecule has 0 saturated heterocycles. The van der Waals surface area contributed by atoms with Crippen LogP contribution in [0, 0.1) is 0 Å². The van der Waals surface area contributed by atoms with Crippen LogP contribution in [0.1, 0.15) is 17.0 Å². The third-order valence-corrected chi connectivity index (χ3v) is 3.12. The minimum absolute atomic E-state index is 0.614. The summed E-state index contributed by atoms with van der Waals surface area (Å²) in [4.78, 5) is 13.5. The molecule has 0 spiro atoms. The lowest BCUT2D eigenvalue weighted by Crippen LogP contribution is -2.14. The average Bonchev–Trinajstić information content (AvgIpc) is 2.40. The summed E-state index contributed by atoms with van der Waals surface area (Å²) < 4.78 is 0. The van der Waals surface area contributed by atoms with E-state index >= 15 is 0 Å². The smallest absolute Gasteiger partial charge is 0.315 e. The Kier molecular flexibility index (Phi) is 3.85. The van der Waals surface area contributed by atoms with E-state index in [2.05, 4.69) is 0 Å². The first-order chi connectivity index (χ1) is 9.09. The molecule has 3 heteroatoms. The molecule has 0 aliphatic carbocycles. The molecule has 1 atom stereocenters. The molecule has 0 aliphatic heterocycles. The number of carboxylic acid groups (broad SMARTS) is 1. The van der Waals surface area contributed by atoms with Gasteiger partial charge in [0.1, 0.15) is 5.92 Å². The molecule has 0 bridgehead atoms. The monoisotopic (exact) mass is 255 g/mol. The SMILES string of the molecule is CN(C)c1ccc(C(C(=O)O)c2ccccc2)cc1. The zero-order valence-electron chi connectivity index (χ0n) is 11.1. The third kappa shape index (κ3) is 2.94. The van der Waals surface area contributed by atoms with Gasteiger partial charge in [0, 0.05) is 19.8 Å². The summed E-state index contributed by atoms with van der Waals surface area (Å²) in [6.07, 6.45) is 0. The summed E-state index contributed by atoms with van der Waals surface area (Å²) in [5.41, 5.74) is 2.65. The van der Waals surface area contributed by atoms with Crippen LogP contribution in [0.15, 0.2) is 54.6 Å². The van der Waals surface area contributed by atoms with Crippen molar-refractivity contribution in [3.05, 3.63) is 65.7 Å². The number of nitrogens with zero attached hydrogens (tertiary/aromatic N) is 1. The average molecular weight is 255 g/mol. The molecule has 3 nitrogen and oxygen atoms in total. The summed E-state index contributed by atoms with van der Waals surface area (Å²) in [6.45, 7) is 0. The van der Waals surface area contributed by atoms with Crippen LogP contribution in [-0.2, 0) is 4.79 Å². The Morgan fingerprint density at radius 3 is 1.95 bits per heavy atom. The van der Waals surface area contributed by atoms with E-state index in [4.69, 9.17) is 0 Å². The van der Waals surface area contributed by atoms with Crippen molar-refractivity contribution in [1.82, 2.24) is 0 Å². The number of anilines is 1. The van der Waals surface area contributed by atoms with Gasteiger partial charge in [-0.25, -0.2) is 0 Å². The zero-order chi connectivity index (χ0) is 13.8. The van der Waals surface area contributed by atoms with Gasteiger partial charge in [0.05, 0.1) is 0 Å². The molecular weight excluding hydrogens is 238 g/mol. The summed E-state index contributed by atoms with van der Waals surface area (Å²) in [6, 6.07) is 16.9. The highest BCUT2D eigenvalue weighted by Crippen LogP contribution is 2.26. The summed E-state index contributed by atoms with van der Waals surface area (Å²) in [5.74, 6) is -1.44. The molecule has 19 heavy (non-hydrogen) atoms. The van der Waals surface area contributed by atoms with Crippen molar-refractivity contribution in [3.63, 3.8) is 0 Å². The molecule has 2 aromatic carbocycles. The van der Waals surface area contributed by atoms with E-state index in [9.17, 15) is 9.90 Å². The molecule has 1 unspecified atom stereocenters. The standard InChI is InChI=1S/C16H17NO2/c1-17(2)14-10-8-13(9-11-14)15(16(18)19)12-6-4-3-5-7-12/h3-11,15H,1-2H3,(H,18,19). The summed E-state index contributed by atoms with van der Waals surface area (Å²) in [5, 5.41) is 9.45. The van der Waals surface area contributed by atoms with Crippen molar-refractivity contribution in [3.8, 4) is 0 Å². The molecule has 0 heterocycles. The molecule has 0 amide bonds. The Balaban J connectivity index is 2.38. The minimum Gasteiger partial charge on any atom is -0.481 e. The second kappa shape index (κ2) is 5.57. The highest BCUT2D eigenvalue weighted by Gasteiger charge is 2.21. The van der Waals surface area contributed by atoms with Gasteiger partial charge in [0.15, 0.2) is 0 Å². The maximum Gasteiger partial charge on any atom is 0.315 e. The number of hydrogen-bond donors (Lipinski definition) is 1. The first-order valence-corrected chi connectivity index (χ1v) is 6.14. The fourth-order valence-corrected chi connectivity index (χ4v) is 2.09. The van der Waals surface area contributed by atoms with Gasteiger partial charge in [-0.3, -0.25) is 4.79 Å². The van der Waals surface area contributed by atoms with Crippen LogP contribution in [0.4, 0.5) is 5.69 Å². The predicted octanol–water partition coefficient (Wildman–Crippen LogP) is 2.97. The third-order valence-electron chi connectivity index (χ3n) is 3.12. The number of carboxylic acids is 1. The molecule has 0 aromatic heterocycles. The Bertz CT molecular complexity index is 547.